The monoisotopic (exact) mass is 329 g/mol. The number of hydrazone groups is 1. The Kier molecular flexibility index (Phi) is 4.51. The van der Waals surface area contributed by atoms with E-state index in [0.717, 1.165) is 10.9 Å². The molecule has 0 aliphatic carbocycles. The number of nitrogens with zero attached hydrogens (tertiary/aromatic N) is 1. The van der Waals surface area contributed by atoms with Gasteiger partial charge in [-0.3, -0.25) is 4.79 Å². The Morgan fingerprint density at radius 3 is 2.67 bits per heavy atom. The first kappa shape index (κ1) is 15.7. The first-order valence-corrected chi connectivity index (χ1v) is 7.08. The van der Waals surface area contributed by atoms with Crippen LogP contribution >= 0.6 is 0 Å². The van der Waals surface area contributed by atoms with Gasteiger partial charge in [0.05, 0.1) is 11.8 Å². The molecule has 122 valence electrons. The number of para-hydroxylation sites is 1. The Labute approximate surface area is 135 Å². The smallest absolute Gasteiger partial charge is 0.387 e. The van der Waals surface area contributed by atoms with Crippen molar-refractivity contribution in [3.8, 4) is 5.75 Å². The molecule has 7 heteroatoms. The minimum Gasteiger partial charge on any atom is -0.435 e. The molecule has 2 N–H and O–H groups in total. The van der Waals surface area contributed by atoms with Gasteiger partial charge in [0, 0.05) is 17.1 Å². The highest BCUT2D eigenvalue weighted by atomic mass is 19.3. The van der Waals surface area contributed by atoms with Crippen molar-refractivity contribution in [2.45, 2.75) is 6.61 Å². The van der Waals surface area contributed by atoms with Gasteiger partial charge in [-0.2, -0.15) is 13.9 Å². The molecule has 1 aromatic heterocycles. The number of halogens is 2. The maximum atomic E-state index is 12.1. The lowest BCUT2D eigenvalue weighted by Crippen LogP contribution is -2.17. The van der Waals surface area contributed by atoms with Crippen molar-refractivity contribution in [2.24, 2.45) is 5.10 Å². The van der Waals surface area contributed by atoms with E-state index in [1.165, 1.54) is 18.3 Å². The van der Waals surface area contributed by atoms with Crippen molar-refractivity contribution in [3.05, 3.63) is 65.9 Å². The number of ether oxygens (including phenoxy) is 1. The molecule has 0 fully saturated rings. The zero-order valence-electron chi connectivity index (χ0n) is 12.4. The van der Waals surface area contributed by atoms with Crippen LogP contribution in [-0.2, 0) is 0 Å². The summed E-state index contributed by atoms with van der Waals surface area (Å²) in [6.45, 7) is -2.86. The normalized spacial score (nSPS) is 11.3. The van der Waals surface area contributed by atoms with E-state index in [2.05, 4.69) is 20.2 Å². The number of carbonyl (C=O) groups is 1. The summed E-state index contributed by atoms with van der Waals surface area (Å²) in [7, 11) is 0. The summed E-state index contributed by atoms with van der Waals surface area (Å²) in [5, 5.41) is 4.67. The Balaban J connectivity index is 1.64. The van der Waals surface area contributed by atoms with Gasteiger partial charge in [-0.1, -0.05) is 18.2 Å². The SMILES string of the molecule is O=C(N/N=C/c1ccc(OC(F)F)cc1)c1c[nH]c2ccccc12. The highest BCUT2D eigenvalue weighted by Gasteiger charge is 2.10. The van der Waals surface area contributed by atoms with Crippen molar-refractivity contribution in [1.29, 1.82) is 0 Å². The number of benzene rings is 2. The number of hydrogen-bond acceptors (Lipinski definition) is 3. The molecule has 1 heterocycles. The lowest BCUT2D eigenvalue weighted by atomic mass is 10.2. The van der Waals surface area contributed by atoms with Crippen molar-refractivity contribution in [2.75, 3.05) is 0 Å². The summed E-state index contributed by atoms with van der Waals surface area (Å²) in [6.07, 6.45) is 3.03. The number of carbonyl (C=O) groups excluding carboxylic acids is 1. The molecule has 2 aromatic carbocycles. The Bertz CT molecular complexity index is 873. The number of aromatic nitrogens is 1. The van der Waals surface area contributed by atoms with Crippen LogP contribution in [0.3, 0.4) is 0 Å². The van der Waals surface area contributed by atoms with E-state index in [4.69, 9.17) is 0 Å². The van der Waals surface area contributed by atoms with Gasteiger partial charge in [-0.15, -0.1) is 0 Å². The first-order chi connectivity index (χ1) is 11.6. The Morgan fingerprint density at radius 1 is 1.17 bits per heavy atom. The average molecular weight is 329 g/mol. The van der Waals surface area contributed by atoms with Gasteiger partial charge < -0.3 is 9.72 Å². The van der Waals surface area contributed by atoms with Crippen LogP contribution in [0.5, 0.6) is 5.75 Å². The van der Waals surface area contributed by atoms with Gasteiger partial charge in [0.15, 0.2) is 0 Å². The second kappa shape index (κ2) is 6.91. The van der Waals surface area contributed by atoms with Gasteiger partial charge >= 0.3 is 6.61 Å². The standard InChI is InChI=1S/C17H13F2N3O2/c18-17(19)24-12-7-5-11(6-8-12)9-21-22-16(23)14-10-20-15-4-2-1-3-13(14)15/h1-10,17,20H,(H,22,23)/b21-9+. The number of nitrogens with one attached hydrogen (secondary N) is 2. The summed E-state index contributed by atoms with van der Waals surface area (Å²) in [5.41, 5.74) is 4.42. The molecule has 3 aromatic rings. The fraction of sp³-hybridized carbons (Fsp3) is 0.0588. The van der Waals surface area contributed by atoms with E-state index in [9.17, 15) is 13.6 Å². The maximum Gasteiger partial charge on any atom is 0.387 e. The molecule has 0 spiro atoms. The topological polar surface area (TPSA) is 66.5 Å². The van der Waals surface area contributed by atoms with Crippen molar-refractivity contribution >= 4 is 23.0 Å². The number of hydrogen-bond donors (Lipinski definition) is 2. The van der Waals surface area contributed by atoms with E-state index in [1.54, 1.807) is 18.3 Å². The van der Waals surface area contributed by atoms with Crippen LogP contribution < -0.4 is 10.2 Å². The molecular formula is C17H13F2N3O2. The zero-order valence-corrected chi connectivity index (χ0v) is 12.4. The second-order valence-corrected chi connectivity index (χ2v) is 4.89. The molecule has 0 radical (unpaired) electrons. The van der Waals surface area contributed by atoms with Crippen molar-refractivity contribution < 1.29 is 18.3 Å². The lowest BCUT2D eigenvalue weighted by molar-refractivity contribution is -0.0498. The van der Waals surface area contributed by atoms with E-state index in [0.29, 0.717) is 11.1 Å². The molecule has 24 heavy (non-hydrogen) atoms. The quantitative estimate of drug-likeness (QED) is 0.555. The number of H-pyrrole nitrogens is 1. The summed E-state index contributed by atoms with van der Waals surface area (Å²) in [5.74, 6) is -0.286. The predicted octanol–water partition coefficient (Wildman–Crippen LogP) is 3.53. The summed E-state index contributed by atoms with van der Waals surface area (Å²) >= 11 is 0. The molecular weight excluding hydrogens is 316 g/mol. The van der Waals surface area contributed by atoms with Gasteiger partial charge in [0.1, 0.15) is 5.75 Å². The molecule has 0 saturated carbocycles. The first-order valence-electron chi connectivity index (χ1n) is 7.08. The minimum absolute atomic E-state index is 0.0602. The third-order valence-corrected chi connectivity index (χ3v) is 3.32. The molecule has 0 saturated heterocycles. The van der Waals surface area contributed by atoms with Crippen LogP contribution in [0, 0.1) is 0 Å². The van der Waals surface area contributed by atoms with Crippen LogP contribution in [0.4, 0.5) is 8.78 Å². The van der Waals surface area contributed by atoms with Crippen LogP contribution in [-0.4, -0.2) is 23.7 Å². The second-order valence-electron chi connectivity index (χ2n) is 4.89. The largest absolute Gasteiger partial charge is 0.435 e. The fourth-order valence-electron chi connectivity index (χ4n) is 2.22. The van der Waals surface area contributed by atoms with E-state index in [1.807, 2.05) is 24.3 Å². The molecule has 0 aliphatic rings. The third-order valence-electron chi connectivity index (χ3n) is 3.32. The molecule has 0 unspecified atom stereocenters. The van der Waals surface area contributed by atoms with Gasteiger partial charge in [-0.25, -0.2) is 5.43 Å². The Hall–Kier alpha value is -3.22. The molecule has 1 amide bonds. The molecule has 3 rings (SSSR count). The van der Waals surface area contributed by atoms with E-state index in [-0.39, 0.29) is 11.7 Å². The van der Waals surface area contributed by atoms with Crippen LogP contribution in [0.15, 0.2) is 59.8 Å². The number of fused-ring (bicyclic) bond motifs is 1. The van der Waals surface area contributed by atoms with Crippen LogP contribution in [0.1, 0.15) is 15.9 Å². The summed E-state index contributed by atoms with van der Waals surface area (Å²) < 4.78 is 28.4. The van der Waals surface area contributed by atoms with Crippen LogP contribution in [0.2, 0.25) is 0 Å². The van der Waals surface area contributed by atoms with E-state index < -0.39 is 6.61 Å². The number of alkyl halides is 2. The summed E-state index contributed by atoms with van der Waals surface area (Å²) in [6, 6.07) is 13.3. The lowest BCUT2D eigenvalue weighted by Gasteiger charge is -2.03. The van der Waals surface area contributed by atoms with Gasteiger partial charge in [0.25, 0.3) is 5.91 Å². The molecule has 0 atom stereocenters. The molecule has 0 aliphatic heterocycles. The van der Waals surface area contributed by atoms with Crippen molar-refractivity contribution in [3.63, 3.8) is 0 Å². The highest BCUT2D eigenvalue weighted by molar-refractivity contribution is 6.06. The summed E-state index contributed by atoms with van der Waals surface area (Å²) in [4.78, 5) is 15.1. The minimum atomic E-state index is -2.86. The van der Waals surface area contributed by atoms with Crippen LogP contribution in [0.25, 0.3) is 10.9 Å². The maximum absolute atomic E-state index is 12.1. The Morgan fingerprint density at radius 2 is 1.92 bits per heavy atom. The molecule has 5 nitrogen and oxygen atoms in total. The zero-order chi connectivity index (χ0) is 16.9. The third kappa shape index (κ3) is 3.57. The predicted molar refractivity (Wildman–Crippen MR) is 86.4 cm³/mol. The highest BCUT2D eigenvalue weighted by Crippen LogP contribution is 2.17. The molecule has 0 bridgehead atoms. The van der Waals surface area contributed by atoms with Crippen molar-refractivity contribution in [1.82, 2.24) is 10.4 Å². The fourth-order valence-corrected chi connectivity index (χ4v) is 2.22. The van der Waals surface area contributed by atoms with Gasteiger partial charge in [0.2, 0.25) is 0 Å². The number of aromatic amines is 1. The number of rotatable bonds is 5. The van der Waals surface area contributed by atoms with E-state index >= 15 is 0 Å². The number of amides is 1. The average Bonchev–Trinajstić information content (AvgIpc) is 3.00. The van der Waals surface area contributed by atoms with Gasteiger partial charge in [-0.05, 0) is 35.9 Å².